The van der Waals surface area contributed by atoms with E-state index >= 15 is 0 Å². The Morgan fingerprint density at radius 1 is 1.10 bits per heavy atom. The lowest BCUT2D eigenvalue weighted by molar-refractivity contribution is -0.130. The molecule has 1 amide bonds. The maximum absolute atomic E-state index is 12.7. The van der Waals surface area contributed by atoms with Gasteiger partial charge in [0, 0.05) is 49.0 Å². The minimum absolute atomic E-state index is 0.131. The highest BCUT2D eigenvalue weighted by Gasteiger charge is 2.22. The summed E-state index contributed by atoms with van der Waals surface area (Å²) in [6.07, 6.45) is 0.339. The highest BCUT2D eigenvalue weighted by atomic mass is 32.1. The molecule has 0 spiro atoms. The Balaban J connectivity index is 1.30. The zero-order valence-corrected chi connectivity index (χ0v) is 17.2. The van der Waals surface area contributed by atoms with Crippen molar-refractivity contribution >= 4 is 33.8 Å². The van der Waals surface area contributed by atoms with E-state index in [2.05, 4.69) is 21.3 Å². The molecule has 0 saturated carbocycles. The number of piperazine rings is 1. The van der Waals surface area contributed by atoms with Gasteiger partial charge in [0.25, 0.3) is 0 Å². The minimum atomic E-state index is 0.131. The molecule has 2 heterocycles. The molecule has 0 atom stereocenters. The lowest BCUT2D eigenvalue weighted by Crippen LogP contribution is -2.49. The Hall–Kier alpha value is -3.06. The van der Waals surface area contributed by atoms with E-state index in [1.807, 2.05) is 58.8 Å². The summed E-state index contributed by atoms with van der Waals surface area (Å²) in [6.45, 7) is 3.07. The predicted molar refractivity (Wildman–Crippen MR) is 117 cm³/mol. The highest BCUT2D eigenvalue weighted by molar-refractivity contribution is 7.13. The number of benzene rings is 2. The molecule has 1 N–H and O–H groups in total. The Kier molecular flexibility index (Phi) is 5.95. The van der Waals surface area contributed by atoms with E-state index in [1.165, 1.54) is 11.3 Å². The van der Waals surface area contributed by atoms with Crippen molar-refractivity contribution in [1.82, 2.24) is 9.88 Å². The Bertz CT molecular complexity index is 952. The molecule has 7 heteroatoms. The molecule has 0 radical (unpaired) electrons. The quantitative estimate of drug-likeness (QED) is 0.673. The Morgan fingerprint density at radius 2 is 1.90 bits per heavy atom. The largest absolute Gasteiger partial charge is 0.497 e. The third kappa shape index (κ3) is 4.86. The summed E-state index contributed by atoms with van der Waals surface area (Å²) in [7, 11) is 1.68. The van der Waals surface area contributed by atoms with Gasteiger partial charge in [-0.05, 0) is 24.3 Å². The topological polar surface area (TPSA) is 57.7 Å². The number of para-hydroxylation sites is 1. The fraction of sp³-hybridized carbons (Fsp3) is 0.273. The van der Waals surface area contributed by atoms with Crippen LogP contribution < -0.4 is 15.0 Å². The molecule has 1 aromatic heterocycles. The van der Waals surface area contributed by atoms with Crippen LogP contribution in [-0.4, -0.2) is 49.1 Å². The second-order valence-corrected chi connectivity index (χ2v) is 7.74. The van der Waals surface area contributed by atoms with Gasteiger partial charge in [0.1, 0.15) is 5.75 Å². The first-order valence-corrected chi connectivity index (χ1v) is 10.5. The van der Waals surface area contributed by atoms with Gasteiger partial charge in [-0.25, -0.2) is 4.98 Å². The van der Waals surface area contributed by atoms with E-state index in [0.717, 1.165) is 54.1 Å². The fourth-order valence-corrected chi connectivity index (χ4v) is 4.11. The van der Waals surface area contributed by atoms with E-state index in [-0.39, 0.29) is 5.91 Å². The van der Waals surface area contributed by atoms with Gasteiger partial charge in [-0.3, -0.25) is 4.79 Å². The second kappa shape index (κ2) is 8.96. The smallest absolute Gasteiger partial charge is 0.228 e. The van der Waals surface area contributed by atoms with Gasteiger partial charge in [0.05, 0.1) is 19.2 Å². The monoisotopic (exact) mass is 408 g/mol. The average molecular weight is 409 g/mol. The third-order valence-electron chi connectivity index (χ3n) is 4.96. The molecule has 2 aromatic carbocycles. The molecule has 1 saturated heterocycles. The first-order valence-electron chi connectivity index (χ1n) is 9.64. The van der Waals surface area contributed by atoms with Crippen molar-refractivity contribution in [3.63, 3.8) is 0 Å². The molecular weight excluding hydrogens is 384 g/mol. The first kappa shape index (κ1) is 19.3. The van der Waals surface area contributed by atoms with E-state index in [1.54, 1.807) is 7.11 Å². The third-order valence-corrected chi connectivity index (χ3v) is 5.77. The average Bonchev–Trinajstić information content (AvgIpc) is 3.21. The van der Waals surface area contributed by atoms with Crippen LogP contribution in [0.2, 0.25) is 0 Å². The Labute approximate surface area is 174 Å². The van der Waals surface area contributed by atoms with Crippen molar-refractivity contribution in [1.29, 1.82) is 0 Å². The number of anilines is 3. The number of rotatable bonds is 6. The van der Waals surface area contributed by atoms with Crippen LogP contribution >= 0.6 is 11.3 Å². The van der Waals surface area contributed by atoms with Crippen molar-refractivity contribution in [2.75, 3.05) is 43.5 Å². The molecule has 4 rings (SSSR count). The maximum Gasteiger partial charge on any atom is 0.228 e. The lowest BCUT2D eigenvalue weighted by atomic mass is 10.2. The number of carbonyl (C=O) groups is 1. The van der Waals surface area contributed by atoms with Gasteiger partial charge in [0.15, 0.2) is 5.13 Å². The van der Waals surface area contributed by atoms with E-state index in [4.69, 9.17) is 4.74 Å². The van der Waals surface area contributed by atoms with Crippen LogP contribution in [0.3, 0.4) is 0 Å². The maximum atomic E-state index is 12.7. The number of carbonyl (C=O) groups excluding carboxylic acids is 1. The number of nitrogens with one attached hydrogen (secondary N) is 1. The van der Waals surface area contributed by atoms with E-state index < -0.39 is 0 Å². The number of hydrogen-bond acceptors (Lipinski definition) is 6. The fourth-order valence-electron chi connectivity index (χ4n) is 3.38. The van der Waals surface area contributed by atoms with Crippen LogP contribution in [0.15, 0.2) is 60.0 Å². The van der Waals surface area contributed by atoms with Gasteiger partial charge >= 0.3 is 0 Å². The van der Waals surface area contributed by atoms with Crippen LogP contribution in [0.25, 0.3) is 0 Å². The SMILES string of the molecule is COc1cccc(N2CCN(C(=O)Cc3csc(Nc4ccccc4)n3)CC2)c1. The number of nitrogens with zero attached hydrogens (tertiary/aromatic N) is 3. The predicted octanol–water partition coefficient (Wildman–Crippen LogP) is 3.79. The van der Waals surface area contributed by atoms with Crippen LogP contribution in [-0.2, 0) is 11.2 Å². The number of aromatic nitrogens is 1. The number of amides is 1. The first-order chi connectivity index (χ1) is 14.2. The molecule has 0 bridgehead atoms. The standard InChI is InChI=1S/C22H24N4O2S/c1-28-20-9-5-8-19(15-20)25-10-12-26(13-11-25)21(27)14-18-16-29-22(24-18)23-17-6-3-2-4-7-17/h2-9,15-16H,10-14H2,1H3,(H,23,24). The van der Waals surface area contributed by atoms with Gasteiger partial charge in [-0.15, -0.1) is 11.3 Å². The molecular formula is C22H24N4O2S. The van der Waals surface area contributed by atoms with E-state index in [0.29, 0.717) is 6.42 Å². The molecule has 0 unspecified atom stereocenters. The van der Waals surface area contributed by atoms with Crippen molar-refractivity contribution in [3.8, 4) is 5.75 Å². The number of thiazole rings is 1. The molecule has 1 fully saturated rings. The van der Waals surface area contributed by atoms with Crippen LogP contribution in [0, 0.1) is 0 Å². The van der Waals surface area contributed by atoms with Crippen molar-refractivity contribution in [3.05, 3.63) is 65.7 Å². The highest BCUT2D eigenvalue weighted by Crippen LogP contribution is 2.23. The summed E-state index contributed by atoms with van der Waals surface area (Å²) in [5.74, 6) is 0.983. The van der Waals surface area contributed by atoms with Crippen molar-refractivity contribution in [2.45, 2.75) is 6.42 Å². The summed E-state index contributed by atoms with van der Waals surface area (Å²) in [5, 5.41) is 6.04. The van der Waals surface area contributed by atoms with Gasteiger partial charge < -0.3 is 19.9 Å². The Morgan fingerprint density at radius 3 is 2.66 bits per heavy atom. The zero-order valence-electron chi connectivity index (χ0n) is 16.4. The summed E-state index contributed by atoms with van der Waals surface area (Å²) >= 11 is 1.52. The molecule has 29 heavy (non-hydrogen) atoms. The van der Waals surface area contributed by atoms with Crippen LogP contribution in [0.4, 0.5) is 16.5 Å². The molecule has 6 nitrogen and oxygen atoms in total. The molecule has 0 aliphatic carbocycles. The summed E-state index contributed by atoms with van der Waals surface area (Å²) in [4.78, 5) is 21.5. The zero-order chi connectivity index (χ0) is 20.1. The minimum Gasteiger partial charge on any atom is -0.497 e. The van der Waals surface area contributed by atoms with Crippen LogP contribution in [0.1, 0.15) is 5.69 Å². The number of methoxy groups -OCH3 is 1. The number of ether oxygens (including phenoxy) is 1. The molecule has 1 aliphatic rings. The molecule has 150 valence electrons. The van der Waals surface area contributed by atoms with Crippen molar-refractivity contribution < 1.29 is 9.53 Å². The van der Waals surface area contributed by atoms with Crippen LogP contribution in [0.5, 0.6) is 5.75 Å². The van der Waals surface area contributed by atoms with E-state index in [9.17, 15) is 4.79 Å². The summed E-state index contributed by atoms with van der Waals surface area (Å²) < 4.78 is 5.31. The normalized spacial score (nSPS) is 14.0. The molecule has 3 aromatic rings. The van der Waals surface area contributed by atoms with Gasteiger partial charge in [-0.1, -0.05) is 24.3 Å². The molecule has 1 aliphatic heterocycles. The number of hydrogen-bond donors (Lipinski definition) is 1. The second-order valence-electron chi connectivity index (χ2n) is 6.88. The van der Waals surface area contributed by atoms with Gasteiger partial charge in [-0.2, -0.15) is 0 Å². The summed E-state index contributed by atoms with van der Waals surface area (Å²) in [5.41, 5.74) is 2.94. The summed E-state index contributed by atoms with van der Waals surface area (Å²) in [6, 6.07) is 18.0. The van der Waals surface area contributed by atoms with Gasteiger partial charge in [0.2, 0.25) is 5.91 Å². The lowest BCUT2D eigenvalue weighted by Gasteiger charge is -2.36. The van der Waals surface area contributed by atoms with Crippen molar-refractivity contribution in [2.24, 2.45) is 0 Å².